The summed E-state index contributed by atoms with van der Waals surface area (Å²) in [7, 11) is 4.75. The predicted octanol–water partition coefficient (Wildman–Crippen LogP) is 1.67. The van der Waals surface area contributed by atoms with Gasteiger partial charge in [-0.05, 0) is 26.3 Å². The molecule has 5 nitrogen and oxygen atoms in total. The number of methoxy groups -OCH3 is 3. The maximum Gasteiger partial charge on any atom is 0.132 e. The van der Waals surface area contributed by atoms with Crippen LogP contribution < -0.4 is 19.5 Å². The third-order valence-electron chi connectivity index (χ3n) is 3.96. The van der Waals surface area contributed by atoms with Gasteiger partial charge in [0.15, 0.2) is 0 Å². The van der Waals surface area contributed by atoms with E-state index in [1.54, 1.807) is 40.4 Å². The topological polar surface area (TPSA) is 60.0 Å². The number of hydrogen-bond donors (Lipinski definition) is 2. The summed E-state index contributed by atoms with van der Waals surface area (Å²) in [5, 5.41) is 14.3. The Morgan fingerprint density at radius 1 is 1.15 bits per heavy atom. The molecular formula is C15H23NO4. The van der Waals surface area contributed by atoms with Crippen LogP contribution in [-0.4, -0.2) is 39.0 Å². The molecule has 1 saturated heterocycles. The Hall–Kier alpha value is -1.46. The standard InChI is InChI=1S/C15H23NO4/c1-15(17,13-6-5-7-16-13)14-11(19-3)8-10(18-2)9-12(14)20-4/h8-9,13,16-17H,5-7H2,1-4H3/t13-,15?/m0/s1. The highest BCUT2D eigenvalue weighted by Gasteiger charge is 2.40. The fraction of sp³-hybridized carbons (Fsp3) is 0.600. The number of ether oxygens (including phenoxy) is 3. The minimum Gasteiger partial charge on any atom is -0.496 e. The lowest BCUT2D eigenvalue weighted by molar-refractivity contribution is 0.0173. The molecule has 112 valence electrons. The van der Waals surface area contributed by atoms with E-state index in [1.165, 1.54) is 0 Å². The zero-order valence-corrected chi connectivity index (χ0v) is 12.5. The van der Waals surface area contributed by atoms with Gasteiger partial charge in [0.1, 0.15) is 22.8 Å². The Kier molecular flexibility index (Phi) is 4.40. The van der Waals surface area contributed by atoms with E-state index in [2.05, 4.69) is 5.32 Å². The van der Waals surface area contributed by atoms with Crippen LogP contribution in [0.3, 0.4) is 0 Å². The summed E-state index contributed by atoms with van der Waals surface area (Å²) in [6.45, 7) is 2.71. The summed E-state index contributed by atoms with van der Waals surface area (Å²) in [6.07, 6.45) is 1.98. The molecule has 0 aliphatic carbocycles. The van der Waals surface area contributed by atoms with Crippen molar-refractivity contribution >= 4 is 0 Å². The average Bonchev–Trinajstić information content (AvgIpc) is 3.00. The second-order valence-corrected chi connectivity index (χ2v) is 5.20. The molecule has 1 aliphatic rings. The Labute approximate surface area is 119 Å². The first-order valence-electron chi connectivity index (χ1n) is 6.80. The molecule has 1 heterocycles. The first kappa shape index (κ1) is 14.9. The van der Waals surface area contributed by atoms with Crippen LogP contribution in [0.2, 0.25) is 0 Å². The summed E-state index contributed by atoms with van der Waals surface area (Å²) in [4.78, 5) is 0. The molecule has 1 aliphatic heterocycles. The van der Waals surface area contributed by atoms with Gasteiger partial charge in [0.25, 0.3) is 0 Å². The Morgan fingerprint density at radius 3 is 2.15 bits per heavy atom. The molecule has 0 saturated carbocycles. The zero-order chi connectivity index (χ0) is 14.8. The second-order valence-electron chi connectivity index (χ2n) is 5.20. The largest absolute Gasteiger partial charge is 0.496 e. The maximum atomic E-state index is 11.0. The molecule has 2 rings (SSSR count). The molecule has 1 unspecified atom stereocenters. The molecule has 0 amide bonds. The summed E-state index contributed by atoms with van der Waals surface area (Å²) in [6, 6.07) is 3.52. The zero-order valence-electron chi connectivity index (χ0n) is 12.5. The molecular weight excluding hydrogens is 258 g/mol. The van der Waals surface area contributed by atoms with Gasteiger partial charge in [-0.15, -0.1) is 0 Å². The van der Waals surface area contributed by atoms with E-state index in [0.29, 0.717) is 22.8 Å². The lowest BCUT2D eigenvalue weighted by Gasteiger charge is -2.33. The van der Waals surface area contributed by atoms with Crippen molar-refractivity contribution in [1.82, 2.24) is 5.32 Å². The van der Waals surface area contributed by atoms with Gasteiger partial charge in [-0.1, -0.05) is 0 Å². The Balaban J connectivity index is 2.52. The van der Waals surface area contributed by atoms with Crippen LogP contribution in [0, 0.1) is 0 Å². The molecule has 0 spiro atoms. The van der Waals surface area contributed by atoms with Crippen LogP contribution in [-0.2, 0) is 5.60 Å². The SMILES string of the molecule is COc1cc(OC)c(C(C)(O)[C@@H]2CCCN2)c(OC)c1. The van der Waals surface area contributed by atoms with Crippen molar-refractivity contribution in [3.8, 4) is 17.2 Å². The van der Waals surface area contributed by atoms with Crippen molar-refractivity contribution in [2.45, 2.75) is 31.4 Å². The van der Waals surface area contributed by atoms with E-state index in [4.69, 9.17) is 14.2 Å². The predicted molar refractivity (Wildman–Crippen MR) is 76.7 cm³/mol. The minimum absolute atomic E-state index is 0.0151. The molecule has 2 N–H and O–H groups in total. The van der Waals surface area contributed by atoms with E-state index in [1.807, 2.05) is 0 Å². The second kappa shape index (κ2) is 5.89. The van der Waals surface area contributed by atoms with Gasteiger partial charge in [0.2, 0.25) is 0 Å². The third-order valence-corrected chi connectivity index (χ3v) is 3.96. The van der Waals surface area contributed by atoms with Crippen LogP contribution in [0.4, 0.5) is 0 Å². The van der Waals surface area contributed by atoms with E-state index < -0.39 is 5.60 Å². The van der Waals surface area contributed by atoms with Crippen LogP contribution in [0.1, 0.15) is 25.3 Å². The summed E-state index contributed by atoms with van der Waals surface area (Å²) in [5.74, 6) is 1.78. The van der Waals surface area contributed by atoms with Crippen molar-refractivity contribution < 1.29 is 19.3 Å². The third kappa shape index (κ3) is 2.55. The van der Waals surface area contributed by atoms with Gasteiger partial charge in [-0.3, -0.25) is 0 Å². The maximum absolute atomic E-state index is 11.0. The first-order chi connectivity index (χ1) is 9.54. The molecule has 1 aromatic rings. The molecule has 0 radical (unpaired) electrons. The summed E-state index contributed by atoms with van der Waals surface area (Å²) >= 11 is 0. The molecule has 2 atom stereocenters. The average molecular weight is 281 g/mol. The molecule has 5 heteroatoms. The molecule has 1 fully saturated rings. The van der Waals surface area contributed by atoms with Crippen LogP contribution in [0.25, 0.3) is 0 Å². The van der Waals surface area contributed by atoms with Crippen LogP contribution in [0.15, 0.2) is 12.1 Å². The van der Waals surface area contributed by atoms with Gasteiger partial charge in [-0.25, -0.2) is 0 Å². The number of hydrogen-bond acceptors (Lipinski definition) is 5. The van der Waals surface area contributed by atoms with E-state index in [-0.39, 0.29) is 6.04 Å². The van der Waals surface area contributed by atoms with Crippen molar-refractivity contribution in [3.63, 3.8) is 0 Å². The van der Waals surface area contributed by atoms with Crippen LogP contribution >= 0.6 is 0 Å². The monoisotopic (exact) mass is 281 g/mol. The molecule has 20 heavy (non-hydrogen) atoms. The minimum atomic E-state index is -1.07. The van der Waals surface area contributed by atoms with Crippen molar-refractivity contribution in [2.24, 2.45) is 0 Å². The highest BCUT2D eigenvalue weighted by atomic mass is 16.5. The van der Waals surface area contributed by atoms with Crippen molar-refractivity contribution in [1.29, 1.82) is 0 Å². The first-order valence-corrected chi connectivity index (χ1v) is 6.80. The number of aliphatic hydroxyl groups is 1. The van der Waals surface area contributed by atoms with Gasteiger partial charge in [-0.2, -0.15) is 0 Å². The van der Waals surface area contributed by atoms with Gasteiger partial charge >= 0.3 is 0 Å². The lowest BCUT2D eigenvalue weighted by Crippen LogP contribution is -2.43. The fourth-order valence-electron chi connectivity index (χ4n) is 2.84. The highest BCUT2D eigenvalue weighted by Crippen LogP contribution is 2.43. The Morgan fingerprint density at radius 2 is 1.75 bits per heavy atom. The Bertz CT molecular complexity index is 442. The normalized spacial score (nSPS) is 21.4. The van der Waals surface area contributed by atoms with Crippen LogP contribution in [0.5, 0.6) is 17.2 Å². The molecule has 1 aromatic carbocycles. The molecule has 0 bridgehead atoms. The lowest BCUT2D eigenvalue weighted by atomic mass is 9.85. The fourth-order valence-corrected chi connectivity index (χ4v) is 2.84. The van der Waals surface area contributed by atoms with Gasteiger partial charge in [0.05, 0.1) is 26.9 Å². The summed E-state index contributed by atoms with van der Waals surface area (Å²) < 4.78 is 16.1. The van der Waals surface area contributed by atoms with Gasteiger partial charge < -0.3 is 24.6 Å². The number of rotatable bonds is 5. The molecule has 0 aromatic heterocycles. The number of benzene rings is 1. The van der Waals surface area contributed by atoms with E-state index >= 15 is 0 Å². The smallest absolute Gasteiger partial charge is 0.132 e. The van der Waals surface area contributed by atoms with Gasteiger partial charge in [0, 0.05) is 18.2 Å². The van der Waals surface area contributed by atoms with E-state index in [0.717, 1.165) is 19.4 Å². The van der Waals surface area contributed by atoms with Crippen molar-refractivity contribution in [2.75, 3.05) is 27.9 Å². The highest BCUT2D eigenvalue weighted by molar-refractivity contribution is 5.54. The quantitative estimate of drug-likeness (QED) is 0.860. The van der Waals surface area contributed by atoms with Crippen molar-refractivity contribution in [3.05, 3.63) is 17.7 Å². The number of nitrogens with one attached hydrogen (secondary N) is 1. The summed E-state index contributed by atoms with van der Waals surface area (Å²) in [5.41, 5.74) is -0.415. The van der Waals surface area contributed by atoms with E-state index in [9.17, 15) is 5.11 Å².